The van der Waals surface area contributed by atoms with Crippen LogP contribution in [0.15, 0.2) is 0 Å². The lowest BCUT2D eigenvalue weighted by Gasteiger charge is -2.30. The van der Waals surface area contributed by atoms with Crippen molar-refractivity contribution in [1.82, 2.24) is 4.90 Å². The number of carbonyl (C=O) groups is 1. The van der Waals surface area contributed by atoms with Crippen molar-refractivity contribution in [3.63, 3.8) is 0 Å². The third-order valence-corrected chi connectivity index (χ3v) is 4.68. The Kier molecular flexibility index (Phi) is 7.00. The summed E-state index contributed by atoms with van der Waals surface area (Å²) in [6.07, 6.45) is 5.55. The van der Waals surface area contributed by atoms with Crippen LogP contribution in [0.2, 0.25) is 0 Å². The molecule has 0 saturated carbocycles. The molecule has 0 aromatic heterocycles. The fourth-order valence-corrected chi connectivity index (χ4v) is 3.51. The van der Waals surface area contributed by atoms with Gasteiger partial charge in [-0.15, -0.1) is 0 Å². The number of hydrogen-bond donors (Lipinski definition) is 1. The van der Waals surface area contributed by atoms with E-state index in [-0.39, 0.29) is 6.04 Å². The van der Waals surface area contributed by atoms with Gasteiger partial charge in [0.1, 0.15) is 5.72 Å². The molecule has 1 fully saturated rings. The van der Waals surface area contributed by atoms with Gasteiger partial charge in [-0.05, 0) is 26.0 Å². The molecule has 112 valence electrons. The predicted molar refractivity (Wildman–Crippen MR) is 79.8 cm³/mol. The molecule has 5 heteroatoms. The first-order chi connectivity index (χ1) is 8.99. The molecule has 1 aliphatic rings. The summed E-state index contributed by atoms with van der Waals surface area (Å²) in [6, 6.07) is -0.00635. The Hall–Kier alpha value is -0.420. The Bertz CT molecular complexity index is 284. The third-order valence-electron chi connectivity index (χ3n) is 3.48. The second-order valence-corrected chi connectivity index (χ2v) is 6.70. The van der Waals surface area contributed by atoms with Gasteiger partial charge >= 0.3 is 6.09 Å². The quantitative estimate of drug-likeness (QED) is 0.690. The number of rotatable bonds is 8. The summed E-state index contributed by atoms with van der Waals surface area (Å²) in [7, 11) is 0. The van der Waals surface area contributed by atoms with Crippen LogP contribution < -0.4 is 0 Å². The second-order valence-electron chi connectivity index (χ2n) is 5.55. The average molecular weight is 289 g/mol. The van der Waals surface area contributed by atoms with Crippen molar-refractivity contribution < 1.29 is 14.6 Å². The first-order valence-electron chi connectivity index (χ1n) is 7.23. The van der Waals surface area contributed by atoms with Gasteiger partial charge in [-0.1, -0.05) is 32.6 Å². The standard InChI is InChI=1S/C14H27NO3S/c1-4-5-6-7-8-9-19-11-12-10-18-14(2,3)15(12)13(16)17/h12H,4-11H2,1-3H3,(H,16,17)/t12-/m1/s1. The summed E-state index contributed by atoms with van der Waals surface area (Å²) in [5.41, 5.74) is -0.682. The van der Waals surface area contributed by atoms with Gasteiger partial charge in [0.25, 0.3) is 0 Å². The van der Waals surface area contributed by atoms with Gasteiger partial charge in [0.2, 0.25) is 0 Å². The number of carboxylic acid groups (broad SMARTS) is 1. The number of amides is 1. The molecule has 0 aromatic rings. The van der Waals surface area contributed by atoms with Crippen molar-refractivity contribution in [2.45, 2.75) is 64.6 Å². The molecule has 0 aromatic carbocycles. The van der Waals surface area contributed by atoms with E-state index in [1.165, 1.54) is 37.0 Å². The molecule has 1 atom stereocenters. The smallest absolute Gasteiger partial charge is 0.409 e. The summed E-state index contributed by atoms with van der Waals surface area (Å²) in [5, 5.41) is 9.26. The van der Waals surface area contributed by atoms with Crippen molar-refractivity contribution in [3.8, 4) is 0 Å². The van der Waals surface area contributed by atoms with Crippen molar-refractivity contribution in [2.24, 2.45) is 0 Å². The number of nitrogens with zero attached hydrogens (tertiary/aromatic N) is 1. The van der Waals surface area contributed by atoms with E-state index in [4.69, 9.17) is 4.74 Å². The first kappa shape index (κ1) is 16.6. The fraction of sp³-hybridized carbons (Fsp3) is 0.929. The van der Waals surface area contributed by atoms with Crippen molar-refractivity contribution in [2.75, 3.05) is 18.1 Å². The van der Waals surface area contributed by atoms with Crippen LogP contribution in [0.1, 0.15) is 52.9 Å². The van der Waals surface area contributed by atoms with Crippen LogP contribution in [0, 0.1) is 0 Å². The minimum absolute atomic E-state index is 0.00635. The molecular formula is C14H27NO3S. The molecular weight excluding hydrogens is 262 g/mol. The lowest BCUT2D eigenvalue weighted by Crippen LogP contribution is -2.48. The molecule has 0 unspecified atom stereocenters. The van der Waals surface area contributed by atoms with Gasteiger partial charge < -0.3 is 9.84 Å². The number of thioether (sulfide) groups is 1. The van der Waals surface area contributed by atoms with E-state index < -0.39 is 11.8 Å². The SMILES string of the molecule is CCCCCCCSC[C@H]1COC(C)(C)N1C(=O)O. The molecule has 19 heavy (non-hydrogen) atoms. The molecule has 0 aliphatic carbocycles. The summed E-state index contributed by atoms with van der Waals surface area (Å²) in [4.78, 5) is 12.7. The fourth-order valence-electron chi connectivity index (χ4n) is 2.42. The molecule has 0 bridgehead atoms. The molecule has 1 rings (SSSR count). The van der Waals surface area contributed by atoms with E-state index in [9.17, 15) is 9.90 Å². The summed E-state index contributed by atoms with van der Waals surface area (Å²) < 4.78 is 5.57. The topological polar surface area (TPSA) is 49.8 Å². The molecule has 1 heterocycles. The van der Waals surface area contributed by atoms with E-state index in [1.807, 2.05) is 25.6 Å². The average Bonchev–Trinajstić information content (AvgIpc) is 2.63. The lowest BCUT2D eigenvalue weighted by molar-refractivity contribution is -0.0414. The number of hydrogen-bond acceptors (Lipinski definition) is 3. The summed E-state index contributed by atoms with van der Waals surface area (Å²) in [6.45, 7) is 6.37. The van der Waals surface area contributed by atoms with Crippen molar-refractivity contribution in [1.29, 1.82) is 0 Å². The minimum Gasteiger partial charge on any atom is -0.465 e. The predicted octanol–water partition coefficient (Wildman–Crippen LogP) is 3.80. The molecule has 0 spiro atoms. The van der Waals surface area contributed by atoms with Gasteiger partial charge in [-0.2, -0.15) is 11.8 Å². The molecule has 4 nitrogen and oxygen atoms in total. The van der Waals surface area contributed by atoms with Crippen LogP contribution in [-0.2, 0) is 4.74 Å². The van der Waals surface area contributed by atoms with Crippen LogP contribution >= 0.6 is 11.8 Å². The zero-order valence-electron chi connectivity index (χ0n) is 12.4. The zero-order chi connectivity index (χ0) is 14.3. The normalized spacial score (nSPS) is 21.8. The Labute approximate surface area is 120 Å². The van der Waals surface area contributed by atoms with Gasteiger partial charge in [0.05, 0.1) is 12.6 Å². The Morgan fingerprint density at radius 3 is 2.68 bits per heavy atom. The molecule has 1 saturated heterocycles. The van der Waals surface area contributed by atoms with Gasteiger partial charge in [0.15, 0.2) is 0 Å². The van der Waals surface area contributed by atoms with Gasteiger partial charge in [-0.25, -0.2) is 4.79 Å². The highest BCUT2D eigenvalue weighted by Gasteiger charge is 2.43. The summed E-state index contributed by atoms with van der Waals surface area (Å²) >= 11 is 1.85. The highest BCUT2D eigenvalue weighted by molar-refractivity contribution is 7.99. The van der Waals surface area contributed by atoms with E-state index in [2.05, 4.69) is 6.92 Å². The van der Waals surface area contributed by atoms with E-state index >= 15 is 0 Å². The Balaban J connectivity index is 2.20. The van der Waals surface area contributed by atoms with Crippen LogP contribution in [0.25, 0.3) is 0 Å². The van der Waals surface area contributed by atoms with Crippen LogP contribution in [0.4, 0.5) is 4.79 Å². The van der Waals surface area contributed by atoms with Gasteiger partial charge in [0, 0.05) is 5.75 Å². The van der Waals surface area contributed by atoms with Gasteiger partial charge in [-0.3, -0.25) is 4.90 Å². The van der Waals surface area contributed by atoms with Crippen molar-refractivity contribution in [3.05, 3.63) is 0 Å². The zero-order valence-corrected chi connectivity index (χ0v) is 13.2. The lowest BCUT2D eigenvalue weighted by atomic mass is 10.2. The van der Waals surface area contributed by atoms with E-state index in [1.54, 1.807) is 0 Å². The van der Waals surface area contributed by atoms with Crippen LogP contribution in [0.3, 0.4) is 0 Å². The van der Waals surface area contributed by atoms with Crippen molar-refractivity contribution >= 4 is 17.9 Å². The van der Waals surface area contributed by atoms with E-state index in [0.717, 1.165) is 11.5 Å². The minimum atomic E-state index is -0.879. The van der Waals surface area contributed by atoms with Crippen LogP contribution in [0.5, 0.6) is 0 Å². The van der Waals surface area contributed by atoms with E-state index in [0.29, 0.717) is 6.61 Å². The Morgan fingerprint density at radius 1 is 1.37 bits per heavy atom. The molecule has 1 aliphatic heterocycles. The number of ether oxygens (including phenoxy) is 1. The Morgan fingerprint density at radius 2 is 2.05 bits per heavy atom. The first-order valence-corrected chi connectivity index (χ1v) is 8.38. The van der Waals surface area contributed by atoms with Crippen LogP contribution in [-0.4, -0.2) is 46.0 Å². The monoisotopic (exact) mass is 289 g/mol. The number of unbranched alkanes of at least 4 members (excludes halogenated alkanes) is 4. The molecule has 1 N–H and O–H groups in total. The largest absolute Gasteiger partial charge is 0.465 e. The highest BCUT2D eigenvalue weighted by Crippen LogP contribution is 2.29. The maximum atomic E-state index is 11.3. The maximum Gasteiger partial charge on any atom is 0.409 e. The maximum absolute atomic E-state index is 11.3. The third kappa shape index (κ3) is 5.22. The molecule has 0 radical (unpaired) electrons. The summed E-state index contributed by atoms with van der Waals surface area (Å²) in [5.74, 6) is 1.96. The highest BCUT2D eigenvalue weighted by atomic mass is 32.2. The molecule has 1 amide bonds. The second kappa shape index (κ2) is 8.00.